The van der Waals surface area contributed by atoms with Crippen LogP contribution in [0.15, 0.2) is 63.4 Å². The Kier molecular flexibility index (Phi) is 8.35. The first kappa shape index (κ1) is 28.7. The number of anilines is 2. The van der Waals surface area contributed by atoms with E-state index in [1.165, 1.54) is 34.4 Å². The van der Waals surface area contributed by atoms with Gasteiger partial charge >= 0.3 is 0 Å². The molecule has 1 atom stereocenters. The molecule has 210 valence electrons. The van der Waals surface area contributed by atoms with Crippen LogP contribution in [-0.2, 0) is 16.0 Å². The van der Waals surface area contributed by atoms with Gasteiger partial charge in [0.25, 0.3) is 0 Å². The SMILES string of the molecule is CCc1nnc(NC(=O)CSc2nnc(N3C(N)=C(C#N)C(/C=C/c4ccccc4)C4=C3CC(C)(C)CC4=O)s2)s1. The second-order valence-electron chi connectivity index (χ2n) is 10.3. The summed E-state index contributed by atoms with van der Waals surface area (Å²) in [4.78, 5) is 27.7. The molecule has 13 heteroatoms. The molecule has 1 aromatic carbocycles. The molecule has 5 rings (SSSR count). The summed E-state index contributed by atoms with van der Waals surface area (Å²) in [5.41, 5.74) is 8.91. The van der Waals surface area contributed by atoms with Gasteiger partial charge in [-0.3, -0.25) is 19.8 Å². The van der Waals surface area contributed by atoms with Crippen LogP contribution in [0.3, 0.4) is 0 Å². The van der Waals surface area contributed by atoms with Gasteiger partial charge < -0.3 is 5.73 Å². The third-order valence-electron chi connectivity index (χ3n) is 6.64. The molecule has 0 fully saturated rings. The lowest BCUT2D eigenvalue weighted by molar-refractivity contribution is -0.118. The van der Waals surface area contributed by atoms with E-state index in [9.17, 15) is 14.9 Å². The van der Waals surface area contributed by atoms with Crippen LogP contribution < -0.4 is 16.0 Å². The number of allylic oxidation sites excluding steroid dienone is 4. The van der Waals surface area contributed by atoms with E-state index in [1.54, 1.807) is 4.90 Å². The predicted octanol–water partition coefficient (Wildman–Crippen LogP) is 5.17. The maximum atomic E-state index is 13.6. The molecular weight excluding hydrogens is 577 g/mol. The second kappa shape index (κ2) is 11.9. The van der Waals surface area contributed by atoms with E-state index >= 15 is 0 Å². The topological polar surface area (TPSA) is 151 Å². The molecule has 3 heterocycles. The summed E-state index contributed by atoms with van der Waals surface area (Å²) in [5.74, 6) is -0.465. The molecule has 2 aliphatic rings. The number of rotatable bonds is 8. The third-order valence-corrected chi connectivity index (χ3v) is 9.66. The number of Topliss-reactive ketones (excluding diaryl/α,β-unsaturated/α-hetero) is 1. The first-order valence-electron chi connectivity index (χ1n) is 13.0. The number of nitriles is 1. The Bertz CT molecular complexity index is 1610. The smallest absolute Gasteiger partial charge is 0.236 e. The predicted molar refractivity (Wildman–Crippen MR) is 162 cm³/mol. The minimum atomic E-state index is -0.561. The molecule has 0 saturated carbocycles. The largest absolute Gasteiger partial charge is 0.384 e. The zero-order valence-corrected chi connectivity index (χ0v) is 25.2. The van der Waals surface area contributed by atoms with Gasteiger partial charge in [-0.1, -0.05) is 97.7 Å². The van der Waals surface area contributed by atoms with Crippen LogP contribution in [-0.4, -0.2) is 37.8 Å². The fourth-order valence-corrected chi connectivity index (χ4v) is 7.19. The molecule has 0 spiro atoms. The molecule has 2 aromatic heterocycles. The number of aryl methyl sites for hydroxylation is 1. The monoisotopic (exact) mass is 604 g/mol. The van der Waals surface area contributed by atoms with Crippen LogP contribution >= 0.6 is 34.4 Å². The number of aromatic nitrogens is 4. The van der Waals surface area contributed by atoms with E-state index < -0.39 is 5.92 Å². The van der Waals surface area contributed by atoms with Crippen LogP contribution in [0, 0.1) is 22.7 Å². The molecule has 10 nitrogen and oxygen atoms in total. The molecular formula is C28H28N8O2S3. The Hall–Kier alpha value is -3.86. The lowest BCUT2D eigenvalue weighted by atomic mass is 9.70. The fourth-order valence-electron chi connectivity index (χ4n) is 4.81. The molecule has 0 bridgehead atoms. The highest BCUT2D eigenvalue weighted by Gasteiger charge is 2.44. The van der Waals surface area contributed by atoms with Gasteiger partial charge in [0.05, 0.1) is 17.4 Å². The number of nitrogens with zero attached hydrogens (tertiary/aromatic N) is 6. The minimum absolute atomic E-state index is 0.0112. The van der Waals surface area contributed by atoms with Crippen LogP contribution in [0.25, 0.3) is 6.08 Å². The van der Waals surface area contributed by atoms with Crippen molar-refractivity contribution in [1.29, 1.82) is 5.26 Å². The van der Waals surface area contributed by atoms with E-state index in [4.69, 9.17) is 5.73 Å². The summed E-state index contributed by atoms with van der Waals surface area (Å²) in [6.07, 6.45) is 5.50. The maximum absolute atomic E-state index is 13.6. The first-order valence-corrected chi connectivity index (χ1v) is 15.6. The van der Waals surface area contributed by atoms with E-state index in [1.807, 2.05) is 63.3 Å². The fraction of sp³-hybridized carbons (Fsp3) is 0.321. The van der Waals surface area contributed by atoms with Crippen molar-refractivity contribution in [3.63, 3.8) is 0 Å². The average Bonchev–Trinajstić information content (AvgIpc) is 3.60. The van der Waals surface area contributed by atoms with E-state index in [2.05, 4.69) is 31.8 Å². The molecule has 41 heavy (non-hydrogen) atoms. The van der Waals surface area contributed by atoms with Crippen molar-refractivity contribution in [3.05, 3.63) is 69.6 Å². The Morgan fingerprint density at radius 2 is 2.00 bits per heavy atom. The number of thioether (sulfide) groups is 1. The average molecular weight is 605 g/mol. The van der Waals surface area contributed by atoms with Crippen molar-refractivity contribution in [3.8, 4) is 6.07 Å². The first-order chi connectivity index (χ1) is 19.7. The molecule has 1 aliphatic carbocycles. The normalized spacial score (nSPS) is 18.5. The highest BCUT2D eigenvalue weighted by Crippen LogP contribution is 2.48. The van der Waals surface area contributed by atoms with Gasteiger partial charge in [0.15, 0.2) is 10.1 Å². The van der Waals surface area contributed by atoms with Crippen LogP contribution in [0.4, 0.5) is 10.3 Å². The van der Waals surface area contributed by atoms with Crippen molar-refractivity contribution in [2.45, 2.75) is 44.4 Å². The van der Waals surface area contributed by atoms with Crippen molar-refractivity contribution >= 4 is 62.5 Å². The Balaban J connectivity index is 1.42. The van der Waals surface area contributed by atoms with Gasteiger partial charge in [-0.25, -0.2) is 0 Å². The molecule has 0 saturated heterocycles. The standard InChI is InChI=1S/C28H28N8O2S3/c1-4-22-32-33-25(40-22)31-21(38)15-39-27-35-34-26(41-27)36-19-12-28(2,3)13-20(37)23(19)17(18(14-29)24(36)30)11-10-16-8-6-5-7-9-16/h5-11,17H,4,12-13,15,30H2,1-3H3,(H,31,33,38)/b11-10+. The molecule has 3 N–H and O–H groups in total. The summed E-state index contributed by atoms with van der Waals surface area (Å²) in [6.45, 7) is 6.06. The van der Waals surface area contributed by atoms with Crippen molar-refractivity contribution in [2.75, 3.05) is 16.0 Å². The van der Waals surface area contributed by atoms with E-state index in [0.717, 1.165) is 22.7 Å². The third kappa shape index (κ3) is 6.24. The number of hydrogen-bond donors (Lipinski definition) is 2. The van der Waals surface area contributed by atoms with E-state index in [0.29, 0.717) is 33.0 Å². The molecule has 1 aliphatic heterocycles. The summed E-state index contributed by atoms with van der Waals surface area (Å²) in [7, 11) is 0. The molecule has 1 unspecified atom stereocenters. The van der Waals surface area contributed by atoms with Gasteiger partial charge in [-0.05, 0) is 23.8 Å². The number of carbonyl (C=O) groups is 2. The van der Waals surface area contributed by atoms with Gasteiger partial charge in [0.2, 0.25) is 16.2 Å². The number of nitrogens with two attached hydrogens (primary N) is 1. The van der Waals surface area contributed by atoms with Gasteiger partial charge in [0.1, 0.15) is 10.8 Å². The zero-order valence-electron chi connectivity index (χ0n) is 22.7. The van der Waals surface area contributed by atoms with Crippen LogP contribution in [0.1, 0.15) is 44.2 Å². The van der Waals surface area contributed by atoms with Gasteiger partial charge in [-0.15, -0.1) is 20.4 Å². The highest BCUT2D eigenvalue weighted by molar-refractivity contribution is 8.01. The zero-order chi connectivity index (χ0) is 29.1. The number of benzene rings is 1. The number of ketones is 1. The number of carbonyl (C=O) groups excluding carboxylic acids is 2. The van der Waals surface area contributed by atoms with Gasteiger partial charge in [-0.2, -0.15) is 5.26 Å². The molecule has 1 amide bonds. The summed E-state index contributed by atoms with van der Waals surface area (Å²) in [6, 6.07) is 12.0. The van der Waals surface area contributed by atoms with Crippen molar-refractivity contribution < 1.29 is 9.59 Å². The lowest BCUT2D eigenvalue weighted by Gasteiger charge is -2.41. The number of nitrogens with one attached hydrogen (secondary N) is 1. The summed E-state index contributed by atoms with van der Waals surface area (Å²) < 4.78 is 0.558. The van der Waals surface area contributed by atoms with Crippen LogP contribution in [0.5, 0.6) is 0 Å². The maximum Gasteiger partial charge on any atom is 0.236 e. The molecule has 0 radical (unpaired) electrons. The summed E-state index contributed by atoms with van der Waals surface area (Å²) >= 11 is 3.83. The number of amides is 1. The minimum Gasteiger partial charge on any atom is -0.384 e. The van der Waals surface area contributed by atoms with Crippen LogP contribution in [0.2, 0.25) is 0 Å². The Morgan fingerprint density at radius 1 is 1.22 bits per heavy atom. The quantitative estimate of drug-likeness (QED) is 0.330. The second-order valence-corrected chi connectivity index (χ2v) is 13.6. The Labute approximate surface area is 250 Å². The van der Waals surface area contributed by atoms with Crippen molar-refractivity contribution in [2.24, 2.45) is 17.1 Å². The summed E-state index contributed by atoms with van der Waals surface area (Å²) in [5, 5.41) is 31.3. The highest BCUT2D eigenvalue weighted by atomic mass is 32.2. The molecule has 3 aromatic rings. The van der Waals surface area contributed by atoms with Crippen molar-refractivity contribution in [1.82, 2.24) is 20.4 Å². The van der Waals surface area contributed by atoms with E-state index in [-0.39, 0.29) is 34.3 Å². The van der Waals surface area contributed by atoms with Gasteiger partial charge in [0, 0.05) is 23.6 Å². The Morgan fingerprint density at radius 3 is 2.71 bits per heavy atom. The lowest BCUT2D eigenvalue weighted by Crippen LogP contribution is -2.42. The number of hydrogen-bond acceptors (Lipinski definition) is 12.